The first kappa shape index (κ1) is 20.2. The van der Waals surface area contributed by atoms with Gasteiger partial charge in [0.1, 0.15) is 0 Å². The predicted octanol–water partition coefficient (Wildman–Crippen LogP) is 3.65. The van der Waals surface area contributed by atoms with Gasteiger partial charge in [0.2, 0.25) is 5.91 Å². The molecule has 0 bridgehead atoms. The summed E-state index contributed by atoms with van der Waals surface area (Å²) in [5.41, 5.74) is 0.945. The van der Waals surface area contributed by atoms with E-state index < -0.39 is 0 Å². The summed E-state index contributed by atoms with van der Waals surface area (Å²) in [6.07, 6.45) is 3.41. The smallest absolute Gasteiger partial charge is 0.233 e. The molecule has 0 aliphatic carbocycles. The summed E-state index contributed by atoms with van der Waals surface area (Å²) in [6.45, 7) is 3.82. The van der Waals surface area contributed by atoms with Crippen molar-refractivity contribution in [2.45, 2.75) is 37.4 Å². The number of carbonyl (C=O) groups is 1. The summed E-state index contributed by atoms with van der Waals surface area (Å²) in [5, 5.41) is 10.2. The van der Waals surface area contributed by atoms with E-state index in [2.05, 4.69) is 22.0 Å². The Morgan fingerprint density at radius 1 is 1.19 bits per heavy atom. The molecule has 0 N–H and O–H groups in total. The molecule has 3 rings (SSSR count). The molecule has 2 aromatic rings. The lowest BCUT2D eigenvalue weighted by molar-refractivity contribution is -0.129. The average molecular weight is 408 g/mol. The van der Waals surface area contributed by atoms with Crippen LogP contribution in [-0.2, 0) is 4.79 Å². The number of thioether (sulfide) groups is 1. The van der Waals surface area contributed by atoms with Gasteiger partial charge in [-0.05, 0) is 64.5 Å². The fourth-order valence-electron chi connectivity index (χ4n) is 3.07. The molecule has 146 valence electrons. The first-order chi connectivity index (χ1) is 13.0. The largest absolute Gasteiger partial charge is 0.342 e. The van der Waals surface area contributed by atoms with Crippen LogP contribution in [0, 0.1) is 0 Å². The zero-order valence-corrected chi connectivity index (χ0v) is 17.6. The summed E-state index contributed by atoms with van der Waals surface area (Å²) >= 11 is 7.49. The van der Waals surface area contributed by atoms with E-state index in [9.17, 15) is 4.79 Å². The molecule has 6 nitrogen and oxygen atoms in total. The molecule has 1 aliphatic heterocycles. The number of likely N-dealkylation sites (tertiary alicyclic amines) is 1. The number of nitrogens with zero attached hydrogens (tertiary/aromatic N) is 5. The van der Waals surface area contributed by atoms with Gasteiger partial charge in [0.15, 0.2) is 11.0 Å². The number of hydrogen-bond acceptors (Lipinski definition) is 5. The van der Waals surface area contributed by atoms with Gasteiger partial charge in [-0.1, -0.05) is 23.4 Å². The van der Waals surface area contributed by atoms with Crippen LogP contribution in [0.15, 0.2) is 29.4 Å². The van der Waals surface area contributed by atoms with Gasteiger partial charge < -0.3 is 4.90 Å². The zero-order chi connectivity index (χ0) is 19.4. The monoisotopic (exact) mass is 407 g/mol. The third kappa shape index (κ3) is 4.83. The molecule has 1 aliphatic rings. The first-order valence-electron chi connectivity index (χ1n) is 9.25. The van der Waals surface area contributed by atoms with Crippen LogP contribution in [0.5, 0.6) is 0 Å². The van der Waals surface area contributed by atoms with Crippen molar-refractivity contribution in [1.29, 1.82) is 0 Å². The van der Waals surface area contributed by atoms with Crippen LogP contribution in [0.1, 0.15) is 38.1 Å². The van der Waals surface area contributed by atoms with E-state index in [1.54, 1.807) is 0 Å². The summed E-state index contributed by atoms with van der Waals surface area (Å²) in [4.78, 5) is 16.6. The van der Waals surface area contributed by atoms with Crippen molar-refractivity contribution in [3.8, 4) is 5.69 Å². The van der Waals surface area contributed by atoms with Crippen LogP contribution in [0.2, 0.25) is 5.02 Å². The summed E-state index contributed by atoms with van der Waals surface area (Å²) in [6, 6.07) is 7.70. The van der Waals surface area contributed by atoms with Crippen molar-refractivity contribution in [3.63, 3.8) is 0 Å². The first-order valence-corrected chi connectivity index (χ1v) is 10.6. The van der Waals surface area contributed by atoms with Crippen molar-refractivity contribution in [2.75, 3.05) is 32.9 Å². The number of amides is 1. The van der Waals surface area contributed by atoms with Gasteiger partial charge in [-0.2, -0.15) is 0 Å². The van der Waals surface area contributed by atoms with Crippen LogP contribution < -0.4 is 0 Å². The molecule has 1 amide bonds. The number of aromatic nitrogens is 3. The Labute approximate surface area is 169 Å². The van der Waals surface area contributed by atoms with Crippen LogP contribution in [0.4, 0.5) is 0 Å². The van der Waals surface area contributed by atoms with E-state index in [1.807, 2.05) is 47.8 Å². The molecule has 0 saturated carbocycles. The van der Waals surface area contributed by atoms with Gasteiger partial charge in [-0.3, -0.25) is 14.3 Å². The van der Waals surface area contributed by atoms with Crippen LogP contribution in [0.25, 0.3) is 5.69 Å². The fraction of sp³-hybridized carbons (Fsp3) is 0.526. The lowest BCUT2D eigenvalue weighted by Gasteiger charge is -2.26. The zero-order valence-electron chi connectivity index (χ0n) is 16.1. The van der Waals surface area contributed by atoms with E-state index in [4.69, 9.17) is 11.6 Å². The van der Waals surface area contributed by atoms with E-state index >= 15 is 0 Å². The highest BCUT2D eigenvalue weighted by Crippen LogP contribution is 2.28. The van der Waals surface area contributed by atoms with Gasteiger partial charge in [-0.25, -0.2) is 0 Å². The molecule has 1 atom stereocenters. The number of rotatable bonds is 6. The van der Waals surface area contributed by atoms with E-state index in [-0.39, 0.29) is 11.9 Å². The molecule has 1 aromatic heterocycles. The maximum absolute atomic E-state index is 12.5. The molecule has 2 heterocycles. The molecule has 0 spiro atoms. The summed E-state index contributed by atoms with van der Waals surface area (Å²) < 4.78 is 2.02. The second kappa shape index (κ2) is 9.08. The third-order valence-electron chi connectivity index (χ3n) is 4.92. The average Bonchev–Trinajstić information content (AvgIpc) is 3.10. The quantitative estimate of drug-likeness (QED) is 0.684. The molecule has 0 radical (unpaired) electrons. The summed E-state index contributed by atoms with van der Waals surface area (Å²) in [7, 11) is 4.02. The Kier molecular flexibility index (Phi) is 6.78. The van der Waals surface area contributed by atoms with Gasteiger partial charge in [0.25, 0.3) is 0 Å². The van der Waals surface area contributed by atoms with Crippen molar-refractivity contribution < 1.29 is 4.79 Å². The van der Waals surface area contributed by atoms with E-state index in [1.165, 1.54) is 18.2 Å². The van der Waals surface area contributed by atoms with Crippen LogP contribution in [0.3, 0.4) is 0 Å². The predicted molar refractivity (Wildman–Crippen MR) is 110 cm³/mol. The molecule has 1 saturated heterocycles. The lowest BCUT2D eigenvalue weighted by atomic mass is 10.1. The SMILES string of the molecule is CC(c1nnc(SCC(=O)N2CCCCC2)n1-c1ccc(Cl)cc1)N(C)C. The molecule has 27 heavy (non-hydrogen) atoms. The molecular weight excluding hydrogens is 382 g/mol. The third-order valence-corrected chi connectivity index (χ3v) is 6.09. The van der Waals surface area contributed by atoms with E-state index in [0.717, 1.165) is 42.6 Å². The second-order valence-corrected chi connectivity index (χ2v) is 8.40. The number of hydrogen-bond donors (Lipinski definition) is 0. The van der Waals surface area contributed by atoms with Gasteiger partial charge in [0.05, 0.1) is 11.8 Å². The normalized spacial score (nSPS) is 16.0. The molecule has 1 unspecified atom stereocenters. The minimum atomic E-state index is 0.0836. The Morgan fingerprint density at radius 3 is 2.48 bits per heavy atom. The molecule has 8 heteroatoms. The standard InChI is InChI=1S/C19H26ClN5OS/c1-14(23(2)3)18-21-22-19(25(18)16-9-7-15(20)8-10-16)27-13-17(26)24-11-5-4-6-12-24/h7-10,14H,4-6,11-13H2,1-3H3. The number of halogens is 1. The van der Waals surface area contributed by atoms with Gasteiger partial charge in [0, 0.05) is 23.8 Å². The topological polar surface area (TPSA) is 54.3 Å². The van der Waals surface area contributed by atoms with Crippen molar-refractivity contribution >= 4 is 29.3 Å². The highest BCUT2D eigenvalue weighted by molar-refractivity contribution is 7.99. The minimum Gasteiger partial charge on any atom is -0.342 e. The maximum atomic E-state index is 12.5. The molecule has 1 aromatic carbocycles. The number of carbonyl (C=O) groups excluding carboxylic acids is 1. The number of benzene rings is 1. The lowest BCUT2D eigenvalue weighted by Crippen LogP contribution is -2.36. The summed E-state index contributed by atoms with van der Waals surface area (Å²) in [5.74, 6) is 1.39. The molecular formula is C19H26ClN5OS. The maximum Gasteiger partial charge on any atom is 0.233 e. The Bertz CT molecular complexity index is 771. The van der Waals surface area contributed by atoms with Crippen molar-refractivity contribution in [3.05, 3.63) is 35.1 Å². The number of piperidine rings is 1. The second-order valence-electron chi connectivity index (χ2n) is 7.02. The Balaban J connectivity index is 1.83. The van der Waals surface area contributed by atoms with Crippen molar-refractivity contribution in [2.24, 2.45) is 0 Å². The van der Waals surface area contributed by atoms with Crippen molar-refractivity contribution in [1.82, 2.24) is 24.6 Å². The highest BCUT2D eigenvalue weighted by Gasteiger charge is 2.23. The molecule has 1 fully saturated rings. The van der Waals surface area contributed by atoms with Crippen LogP contribution >= 0.6 is 23.4 Å². The minimum absolute atomic E-state index is 0.0836. The Hall–Kier alpha value is -1.57. The highest BCUT2D eigenvalue weighted by atomic mass is 35.5. The van der Waals surface area contributed by atoms with E-state index in [0.29, 0.717) is 10.8 Å². The van der Waals surface area contributed by atoms with Gasteiger partial charge >= 0.3 is 0 Å². The van der Waals surface area contributed by atoms with Gasteiger partial charge in [-0.15, -0.1) is 10.2 Å². The Morgan fingerprint density at radius 2 is 1.85 bits per heavy atom. The fourth-order valence-corrected chi connectivity index (χ4v) is 4.06. The van der Waals surface area contributed by atoms with Crippen LogP contribution in [-0.4, -0.2) is 63.4 Å².